The molecule has 0 aliphatic carbocycles. The van der Waals surface area contributed by atoms with Crippen molar-refractivity contribution in [2.24, 2.45) is 0 Å². The molecule has 0 spiro atoms. The average Bonchev–Trinajstić information content (AvgIpc) is 1.66. The Balaban J connectivity index is 2.72. The third kappa shape index (κ3) is 6.88. The quantitative estimate of drug-likeness (QED) is 0.571. The van der Waals surface area contributed by atoms with Crippen LogP contribution in [0.4, 0.5) is 0 Å². The van der Waals surface area contributed by atoms with E-state index < -0.39 is 23.2 Å². The van der Waals surface area contributed by atoms with E-state index in [-0.39, 0.29) is 0 Å². The van der Waals surface area contributed by atoms with Crippen LogP contribution in [-0.4, -0.2) is 29.8 Å². The molecule has 0 N–H and O–H groups in total. The van der Waals surface area contributed by atoms with Crippen LogP contribution in [0.25, 0.3) is 0 Å². The molecule has 0 saturated carbocycles. The minimum absolute atomic E-state index is 1.02. The van der Waals surface area contributed by atoms with Gasteiger partial charge in [0.1, 0.15) is 0 Å². The Hall–Kier alpha value is 0.882. The predicted octanol–water partition coefficient (Wildman–Crippen LogP) is 2.05. The molecule has 0 fully saturated rings. The molecule has 0 aliphatic heterocycles. The first-order valence-corrected chi connectivity index (χ1v) is 14.2. The number of rotatable bonds is 4. The SMILES string of the molecule is CCCC[O][Tl]([CH3])[CH3]. The molecular formula is C6H15OTl. The van der Waals surface area contributed by atoms with E-state index in [4.69, 9.17) is 2.69 Å². The molecule has 0 bridgehead atoms. The number of hydrogen-bond donors (Lipinski definition) is 0. The van der Waals surface area contributed by atoms with Crippen molar-refractivity contribution in [3.63, 3.8) is 0 Å². The Morgan fingerprint density at radius 3 is 2.38 bits per heavy atom. The van der Waals surface area contributed by atoms with Crippen LogP contribution in [0.3, 0.4) is 0 Å². The molecule has 0 radical (unpaired) electrons. The monoisotopic (exact) mass is 308 g/mol. The molecule has 0 aromatic heterocycles. The van der Waals surface area contributed by atoms with Crippen LogP contribution in [0.2, 0.25) is 8.97 Å². The van der Waals surface area contributed by atoms with Gasteiger partial charge in [-0.2, -0.15) is 0 Å². The standard InChI is InChI=1S/C4H9O.2CH3.Tl/c1-2-3-4-5;;;/h2-4H2,1H3;2*1H3;/q-1;;;+1. The topological polar surface area (TPSA) is 9.23 Å². The van der Waals surface area contributed by atoms with Gasteiger partial charge in [-0.15, -0.1) is 0 Å². The Morgan fingerprint density at radius 2 is 2.00 bits per heavy atom. The second-order valence-corrected chi connectivity index (χ2v) is 11.7. The summed E-state index contributed by atoms with van der Waals surface area (Å²) in [5.74, 6) is 0. The third-order valence-electron chi connectivity index (χ3n) is 0.949. The average molecular weight is 308 g/mol. The Morgan fingerprint density at radius 1 is 1.38 bits per heavy atom. The van der Waals surface area contributed by atoms with E-state index >= 15 is 0 Å². The maximum absolute atomic E-state index is 5.50. The summed E-state index contributed by atoms with van der Waals surface area (Å²) in [6.45, 7) is 3.22. The normalized spacial score (nSPS) is 9.38. The maximum atomic E-state index is 5.50. The summed E-state index contributed by atoms with van der Waals surface area (Å²) in [6, 6.07) is 0. The van der Waals surface area contributed by atoms with E-state index in [1.165, 1.54) is 12.8 Å². The molecule has 0 aromatic rings. The van der Waals surface area contributed by atoms with E-state index in [2.05, 4.69) is 15.9 Å². The molecule has 1 nitrogen and oxygen atoms in total. The number of hydrogen-bond acceptors (Lipinski definition) is 1. The van der Waals surface area contributed by atoms with E-state index in [1.54, 1.807) is 0 Å². The van der Waals surface area contributed by atoms with Gasteiger partial charge in [0, 0.05) is 0 Å². The molecule has 0 atom stereocenters. The Kier molecular flexibility index (Phi) is 6.67. The fraction of sp³-hybridized carbons (Fsp3) is 1.00. The van der Waals surface area contributed by atoms with E-state index in [0.29, 0.717) is 0 Å². The molecule has 48 valence electrons. The van der Waals surface area contributed by atoms with E-state index in [1.807, 2.05) is 0 Å². The van der Waals surface area contributed by atoms with Gasteiger partial charge < -0.3 is 0 Å². The summed E-state index contributed by atoms with van der Waals surface area (Å²) in [5.41, 5.74) is 0. The van der Waals surface area contributed by atoms with Gasteiger partial charge in [-0.3, -0.25) is 0 Å². The van der Waals surface area contributed by atoms with Gasteiger partial charge in [-0.25, -0.2) is 0 Å². The van der Waals surface area contributed by atoms with Gasteiger partial charge >= 0.3 is 61.2 Å². The summed E-state index contributed by atoms with van der Waals surface area (Å²) in [4.78, 5) is 0. The Labute approximate surface area is 61.2 Å². The molecule has 0 aliphatic rings. The second kappa shape index (κ2) is 6.01. The second-order valence-electron chi connectivity index (χ2n) is 2.27. The van der Waals surface area contributed by atoms with Gasteiger partial charge in [-0.1, -0.05) is 0 Å². The van der Waals surface area contributed by atoms with Gasteiger partial charge in [0.2, 0.25) is 0 Å². The van der Waals surface area contributed by atoms with Crippen LogP contribution in [0.1, 0.15) is 19.8 Å². The van der Waals surface area contributed by atoms with Gasteiger partial charge in [0.25, 0.3) is 0 Å². The van der Waals surface area contributed by atoms with Crippen LogP contribution in [0, 0.1) is 0 Å². The fourth-order valence-corrected chi connectivity index (χ4v) is 2.94. The summed E-state index contributed by atoms with van der Waals surface area (Å²) in [6.07, 6.45) is 2.51. The first kappa shape index (κ1) is 8.88. The van der Waals surface area contributed by atoms with Crippen molar-refractivity contribution in [3.05, 3.63) is 0 Å². The van der Waals surface area contributed by atoms with Gasteiger partial charge in [-0.05, 0) is 0 Å². The first-order chi connectivity index (χ1) is 3.77. The molecule has 0 amide bonds. The van der Waals surface area contributed by atoms with Gasteiger partial charge in [0.15, 0.2) is 0 Å². The van der Waals surface area contributed by atoms with Crippen molar-refractivity contribution in [2.75, 3.05) is 6.61 Å². The van der Waals surface area contributed by atoms with E-state index in [0.717, 1.165) is 6.61 Å². The first-order valence-electron chi connectivity index (χ1n) is 3.39. The predicted molar refractivity (Wildman–Crippen MR) is 38.3 cm³/mol. The molecule has 2 heteroatoms. The molecule has 0 aromatic carbocycles. The molecule has 0 rings (SSSR count). The third-order valence-corrected chi connectivity index (χ3v) is 4.46. The van der Waals surface area contributed by atoms with E-state index in [9.17, 15) is 0 Å². The molecule has 0 unspecified atom stereocenters. The molecular weight excluding hydrogens is 292 g/mol. The zero-order valence-corrected chi connectivity index (χ0v) is 10.6. The fourth-order valence-electron chi connectivity index (χ4n) is 0.463. The van der Waals surface area contributed by atoms with Crippen molar-refractivity contribution >= 4 is 23.2 Å². The molecule has 0 saturated heterocycles. The van der Waals surface area contributed by atoms with Crippen LogP contribution in [0.5, 0.6) is 0 Å². The van der Waals surface area contributed by atoms with Crippen LogP contribution in [-0.2, 0) is 2.69 Å². The summed E-state index contributed by atoms with van der Waals surface area (Å²) in [5, 5.41) is 0. The van der Waals surface area contributed by atoms with Crippen molar-refractivity contribution in [2.45, 2.75) is 28.7 Å². The molecule has 8 heavy (non-hydrogen) atoms. The zero-order chi connectivity index (χ0) is 6.41. The minimum atomic E-state index is -1.37. The van der Waals surface area contributed by atoms with Crippen molar-refractivity contribution in [1.29, 1.82) is 0 Å². The summed E-state index contributed by atoms with van der Waals surface area (Å²) in [7, 11) is 0. The van der Waals surface area contributed by atoms with Crippen LogP contribution < -0.4 is 0 Å². The van der Waals surface area contributed by atoms with Crippen molar-refractivity contribution in [3.8, 4) is 0 Å². The Bertz CT molecular complexity index is 45.8. The van der Waals surface area contributed by atoms with Crippen LogP contribution >= 0.6 is 0 Å². The number of unbranched alkanes of at least 4 members (excludes halogenated alkanes) is 1. The van der Waals surface area contributed by atoms with Crippen LogP contribution in [0.15, 0.2) is 0 Å². The summed E-state index contributed by atoms with van der Waals surface area (Å²) < 4.78 is 10.1. The van der Waals surface area contributed by atoms with Gasteiger partial charge in [0.05, 0.1) is 0 Å². The van der Waals surface area contributed by atoms with Crippen molar-refractivity contribution < 1.29 is 2.69 Å². The van der Waals surface area contributed by atoms with Crippen molar-refractivity contribution in [1.82, 2.24) is 0 Å². The summed E-state index contributed by atoms with van der Waals surface area (Å²) >= 11 is -1.37. The zero-order valence-electron chi connectivity index (χ0n) is 6.11. The molecule has 0 heterocycles.